The second-order valence-electron chi connectivity index (χ2n) is 13.8. The van der Waals surface area contributed by atoms with E-state index in [1.165, 1.54) is 7.11 Å². The van der Waals surface area contributed by atoms with Crippen LogP contribution in [-0.4, -0.2) is 71.0 Å². The Morgan fingerprint density at radius 3 is 2.53 bits per heavy atom. The molecule has 0 aromatic heterocycles. The average molecular weight is 535 g/mol. The molecule has 1 saturated heterocycles. The van der Waals surface area contributed by atoms with Crippen LogP contribution in [0.15, 0.2) is 11.6 Å². The molecule has 8 nitrogen and oxygen atoms in total. The Bertz CT molecular complexity index is 983. The normalized spacial score (nSPS) is 54.5. The summed E-state index contributed by atoms with van der Waals surface area (Å²) in [4.78, 5) is 11.8. The van der Waals surface area contributed by atoms with Gasteiger partial charge in [-0.15, -0.1) is 0 Å². The van der Waals surface area contributed by atoms with Gasteiger partial charge in [0.15, 0.2) is 0 Å². The number of cyclic esters (lactones) is 1. The molecule has 214 valence electrons. The van der Waals surface area contributed by atoms with E-state index in [1.54, 1.807) is 13.0 Å². The summed E-state index contributed by atoms with van der Waals surface area (Å²) in [7, 11) is 1.53. The SMILES string of the molecule is CO[C@H]1C[C@](O)(O[C@H]2CC[C@@]3(C)C(CCC4C3CCC3(C)C(C5=CC(=O)OC5)CC[C@]43O)C2)O[C@H](C)[C@H]1O. The first-order valence-electron chi connectivity index (χ1n) is 14.8. The summed E-state index contributed by atoms with van der Waals surface area (Å²) in [6.07, 6.45) is 8.23. The van der Waals surface area contributed by atoms with Crippen molar-refractivity contribution in [2.45, 2.75) is 121 Å². The Balaban J connectivity index is 1.16. The maximum absolute atomic E-state index is 12.4. The monoisotopic (exact) mass is 534 g/mol. The Kier molecular flexibility index (Phi) is 6.61. The van der Waals surface area contributed by atoms with Gasteiger partial charge in [-0.2, -0.15) is 0 Å². The lowest BCUT2D eigenvalue weighted by Gasteiger charge is -2.64. The van der Waals surface area contributed by atoms with Crippen molar-refractivity contribution in [3.05, 3.63) is 11.6 Å². The molecule has 6 aliphatic rings. The quantitative estimate of drug-likeness (QED) is 0.285. The lowest BCUT2D eigenvalue weighted by atomic mass is 9.43. The third-order valence-corrected chi connectivity index (χ3v) is 12.3. The van der Waals surface area contributed by atoms with Gasteiger partial charge in [0.1, 0.15) is 12.7 Å². The van der Waals surface area contributed by atoms with E-state index < -0.39 is 29.9 Å². The van der Waals surface area contributed by atoms with Crippen molar-refractivity contribution in [1.82, 2.24) is 0 Å². The third kappa shape index (κ3) is 3.96. The Morgan fingerprint density at radius 2 is 1.82 bits per heavy atom. The summed E-state index contributed by atoms with van der Waals surface area (Å²) >= 11 is 0. The molecule has 5 unspecified atom stereocenters. The average Bonchev–Trinajstić information content (AvgIpc) is 3.41. The highest BCUT2D eigenvalue weighted by Gasteiger charge is 2.68. The summed E-state index contributed by atoms with van der Waals surface area (Å²) in [5.74, 6) is -0.607. The molecule has 0 amide bonds. The maximum Gasteiger partial charge on any atom is 0.331 e. The minimum atomic E-state index is -1.75. The largest absolute Gasteiger partial charge is 0.458 e. The first-order chi connectivity index (χ1) is 17.9. The van der Waals surface area contributed by atoms with Gasteiger partial charge in [0.25, 0.3) is 5.97 Å². The van der Waals surface area contributed by atoms with E-state index in [0.29, 0.717) is 18.4 Å². The number of hydrogen-bond donors (Lipinski definition) is 3. The van der Waals surface area contributed by atoms with Gasteiger partial charge in [-0.3, -0.25) is 0 Å². The summed E-state index contributed by atoms with van der Waals surface area (Å²) in [5.41, 5.74) is 0.257. The highest BCUT2D eigenvalue weighted by molar-refractivity contribution is 5.85. The fraction of sp³-hybridized carbons (Fsp3) is 0.900. The van der Waals surface area contributed by atoms with Crippen molar-refractivity contribution in [1.29, 1.82) is 0 Å². The summed E-state index contributed by atoms with van der Waals surface area (Å²) < 4.78 is 22.6. The molecule has 0 radical (unpaired) electrons. The molecule has 3 N–H and O–H groups in total. The van der Waals surface area contributed by atoms with Crippen molar-refractivity contribution in [2.75, 3.05) is 13.7 Å². The van der Waals surface area contributed by atoms with Gasteiger partial charge in [-0.1, -0.05) is 13.8 Å². The minimum Gasteiger partial charge on any atom is -0.458 e. The second-order valence-corrected chi connectivity index (χ2v) is 13.8. The predicted octanol–water partition coefficient (Wildman–Crippen LogP) is 3.46. The number of esters is 1. The van der Waals surface area contributed by atoms with E-state index >= 15 is 0 Å². The van der Waals surface area contributed by atoms with Crippen LogP contribution in [0.1, 0.15) is 85.0 Å². The highest BCUT2D eigenvalue weighted by Crippen LogP contribution is 2.70. The van der Waals surface area contributed by atoms with Gasteiger partial charge in [0.2, 0.25) is 0 Å². The van der Waals surface area contributed by atoms with Crippen LogP contribution >= 0.6 is 0 Å². The van der Waals surface area contributed by atoms with E-state index in [4.69, 9.17) is 18.9 Å². The number of ether oxygens (including phenoxy) is 4. The van der Waals surface area contributed by atoms with E-state index in [2.05, 4.69) is 13.8 Å². The molecule has 0 aromatic rings. The molecule has 8 heteroatoms. The van der Waals surface area contributed by atoms with Crippen LogP contribution in [0.2, 0.25) is 0 Å². The molecule has 5 fully saturated rings. The summed E-state index contributed by atoms with van der Waals surface area (Å²) in [6, 6.07) is 0. The van der Waals surface area contributed by atoms with Crippen LogP contribution in [0.5, 0.6) is 0 Å². The molecule has 38 heavy (non-hydrogen) atoms. The van der Waals surface area contributed by atoms with Crippen LogP contribution in [0.4, 0.5) is 0 Å². The smallest absolute Gasteiger partial charge is 0.331 e. The number of aliphatic hydroxyl groups excluding tert-OH is 1. The molecule has 0 spiro atoms. The number of fused-ring (bicyclic) bond motifs is 5. The van der Waals surface area contributed by atoms with E-state index in [1.807, 2.05) is 0 Å². The van der Waals surface area contributed by atoms with Crippen LogP contribution < -0.4 is 0 Å². The zero-order valence-corrected chi connectivity index (χ0v) is 23.4. The Morgan fingerprint density at radius 1 is 1.03 bits per heavy atom. The predicted molar refractivity (Wildman–Crippen MR) is 138 cm³/mol. The van der Waals surface area contributed by atoms with Crippen LogP contribution in [0, 0.1) is 34.5 Å². The van der Waals surface area contributed by atoms with Crippen molar-refractivity contribution in [3.8, 4) is 0 Å². The minimum absolute atomic E-state index is 0.0813. The van der Waals surface area contributed by atoms with Gasteiger partial charge in [0.05, 0.1) is 30.3 Å². The fourth-order valence-electron chi connectivity index (χ4n) is 10.1. The number of carbonyl (C=O) groups excluding carboxylic acids is 1. The number of methoxy groups -OCH3 is 1. The lowest BCUT2D eigenvalue weighted by Crippen LogP contribution is -2.62. The topological polar surface area (TPSA) is 115 Å². The van der Waals surface area contributed by atoms with E-state index in [-0.39, 0.29) is 41.2 Å². The molecule has 0 bridgehead atoms. The van der Waals surface area contributed by atoms with Crippen molar-refractivity contribution >= 4 is 5.97 Å². The highest BCUT2D eigenvalue weighted by atomic mass is 16.8. The molecule has 6 rings (SSSR count). The zero-order chi connectivity index (χ0) is 27.1. The number of aliphatic hydroxyl groups is 3. The molecule has 2 heterocycles. The number of hydrogen-bond acceptors (Lipinski definition) is 8. The standard InChI is InChI=1S/C30H46O8/c1-17-26(32)24(35-4)15-30(34,37-17)38-20-7-10-27(2)19(14-20)5-6-23-22(27)8-11-28(3)21(9-12-29(23,28)33)18-13-25(31)36-16-18/h13,17,19-24,26,32-34H,5-12,14-16H2,1-4H3/t17-,19?,20+,21?,22?,23?,24+,26-,27+,28?,29+,30-/m1/s1. The van der Waals surface area contributed by atoms with Crippen molar-refractivity contribution in [3.63, 3.8) is 0 Å². The summed E-state index contributed by atoms with van der Waals surface area (Å²) in [6.45, 7) is 6.80. The molecule has 0 aromatic carbocycles. The molecular formula is C30H46O8. The van der Waals surface area contributed by atoms with Gasteiger partial charge < -0.3 is 34.3 Å². The molecule has 12 atom stereocenters. The van der Waals surface area contributed by atoms with E-state index in [9.17, 15) is 20.1 Å². The van der Waals surface area contributed by atoms with Crippen molar-refractivity contribution in [2.24, 2.45) is 34.5 Å². The molecule has 2 aliphatic heterocycles. The second kappa shape index (κ2) is 9.25. The third-order valence-electron chi connectivity index (χ3n) is 12.3. The number of rotatable bonds is 4. The number of carbonyl (C=O) groups is 1. The molecule has 4 aliphatic carbocycles. The van der Waals surface area contributed by atoms with Gasteiger partial charge in [-0.05, 0) is 99.4 Å². The zero-order valence-electron chi connectivity index (χ0n) is 23.4. The fourth-order valence-corrected chi connectivity index (χ4v) is 10.1. The van der Waals surface area contributed by atoms with Gasteiger partial charge in [-0.25, -0.2) is 4.79 Å². The Labute approximate surface area is 226 Å². The van der Waals surface area contributed by atoms with Crippen molar-refractivity contribution < 1.29 is 39.1 Å². The van der Waals surface area contributed by atoms with Crippen LogP contribution in [0.25, 0.3) is 0 Å². The molecular weight excluding hydrogens is 488 g/mol. The first-order valence-corrected chi connectivity index (χ1v) is 14.8. The molecule has 4 saturated carbocycles. The van der Waals surface area contributed by atoms with Gasteiger partial charge in [0, 0.05) is 18.6 Å². The first kappa shape index (κ1) is 27.2. The van der Waals surface area contributed by atoms with Gasteiger partial charge >= 0.3 is 5.97 Å². The van der Waals surface area contributed by atoms with Crippen LogP contribution in [-0.2, 0) is 23.7 Å². The van der Waals surface area contributed by atoms with Crippen LogP contribution in [0.3, 0.4) is 0 Å². The Hall–Kier alpha value is -1.03. The summed E-state index contributed by atoms with van der Waals surface area (Å²) in [5, 5.41) is 33.9. The lowest BCUT2D eigenvalue weighted by molar-refractivity contribution is -0.425. The van der Waals surface area contributed by atoms with E-state index in [0.717, 1.165) is 63.4 Å². The maximum atomic E-state index is 12.4.